The molecule has 2 heterocycles. The lowest BCUT2D eigenvalue weighted by Gasteiger charge is -2.31. The molecule has 69 heavy (non-hydrogen) atoms. The maximum atomic E-state index is 11.7. The van der Waals surface area contributed by atoms with E-state index in [-0.39, 0.29) is 0 Å². The largest absolute Gasteiger partial charge is 0.308 e. The van der Waals surface area contributed by atoms with Crippen LogP contribution in [-0.2, 0) is 36.5 Å². The molecule has 5 aliphatic rings. The Hall–Kier alpha value is -8.51. The van der Waals surface area contributed by atoms with E-state index in [2.05, 4.69) is 205 Å². The van der Waals surface area contributed by atoms with Gasteiger partial charge in [-0.25, -0.2) is 0 Å². The summed E-state index contributed by atoms with van der Waals surface area (Å²) < 4.78 is 2.61. The summed E-state index contributed by atoms with van der Waals surface area (Å²) in [5, 5.41) is 17.0. The highest BCUT2D eigenvalue weighted by Crippen LogP contribution is 2.67. The van der Waals surface area contributed by atoms with E-state index in [0.717, 1.165) is 42.3 Å². The van der Waals surface area contributed by atoms with Gasteiger partial charge in [-0.2, -0.15) is 5.26 Å². The number of aromatic nitrogens is 1. The van der Waals surface area contributed by atoms with Crippen molar-refractivity contribution in [1.82, 2.24) is 4.40 Å². The highest BCUT2D eigenvalue weighted by molar-refractivity contribution is 6.29. The van der Waals surface area contributed by atoms with Gasteiger partial charge in [-0.05, 0) is 155 Å². The average Bonchev–Trinajstić information content (AvgIpc) is 4.22. The smallest absolute Gasteiger partial charge is 0.0996 e. The fraction of sp³-hybridized carbons (Fsp3) is 0.0896. The summed E-state index contributed by atoms with van der Waals surface area (Å²) in [5.74, 6) is 0. The molecule has 2 spiro atoms. The molecular formula is C67H40N2. The van der Waals surface area contributed by atoms with E-state index in [1.165, 1.54) is 138 Å². The SMILES string of the molecule is N#Cc1cc2c(c3c1C1(c4ccccc4-c4ccccc41)c1ccccc1-3)c1c3cc(c4c5cc6c(cc5n2c41)-c1ccccc1C61c2ccccc2-c2ccccc21)CCc1cccc(c1)CC3. The van der Waals surface area contributed by atoms with Crippen LogP contribution in [0.5, 0.6) is 0 Å². The number of rotatable bonds is 0. The average molecular weight is 873 g/mol. The molecule has 318 valence electrons. The van der Waals surface area contributed by atoms with Crippen LogP contribution in [0.2, 0.25) is 0 Å². The van der Waals surface area contributed by atoms with E-state index in [4.69, 9.17) is 0 Å². The quantitative estimate of drug-likeness (QED) is 0.149. The molecule has 0 fully saturated rings. The summed E-state index contributed by atoms with van der Waals surface area (Å²) >= 11 is 0. The van der Waals surface area contributed by atoms with Crippen LogP contribution in [0.4, 0.5) is 0 Å². The third-order valence-electron chi connectivity index (χ3n) is 17.5. The lowest BCUT2D eigenvalue weighted by atomic mass is 9.69. The number of benzene rings is 10. The molecule has 0 unspecified atom stereocenters. The lowest BCUT2D eigenvalue weighted by Crippen LogP contribution is -2.27. The molecule has 12 aromatic rings. The van der Waals surface area contributed by atoms with Crippen molar-refractivity contribution in [2.45, 2.75) is 36.5 Å². The maximum Gasteiger partial charge on any atom is 0.0996 e. The van der Waals surface area contributed by atoms with Gasteiger partial charge >= 0.3 is 0 Å². The minimum absolute atomic E-state index is 0.450. The summed E-state index contributed by atoms with van der Waals surface area (Å²) in [5.41, 5.74) is 29.5. The molecule has 0 amide bonds. The van der Waals surface area contributed by atoms with Crippen LogP contribution >= 0.6 is 0 Å². The van der Waals surface area contributed by atoms with E-state index >= 15 is 0 Å². The second kappa shape index (κ2) is 12.5. The molecule has 2 heteroatoms. The molecule has 2 nitrogen and oxygen atoms in total. The van der Waals surface area contributed by atoms with Gasteiger partial charge in [-0.1, -0.05) is 176 Å². The van der Waals surface area contributed by atoms with E-state index in [0.29, 0.717) is 0 Å². The zero-order chi connectivity index (χ0) is 44.9. The minimum Gasteiger partial charge on any atom is -0.308 e. The number of aryl methyl sites for hydroxylation is 4. The van der Waals surface area contributed by atoms with E-state index in [9.17, 15) is 5.26 Å². The fourth-order valence-corrected chi connectivity index (χ4v) is 15.2. The Balaban J connectivity index is 1.07. The van der Waals surface area contributed by atoms with Crippen molar-refractivity contribution < 1.29 is 0 Å². The van der Waals surface area contributed by atoms with Gasteiger partial charge in [0.2, 0.25) is 0 Å². The van der Waals surface area contributed by atoms with Crippen LogP contribution in [0.1, 0.15) is 72.3 Å². The topological polar surface area (TPSA) is 28.2 Å². The molecule has 2 aromatic heterocycles. The van der Waals surface area contributed by atoms with Crippen molar-refractivity contribution in [2.75, 3.05) is 0 Å². The predicted molar refractivity (Wildman–Crippen MR) is 280 cm³/mol. The minimum atomic E-state index is -0.633. The number of fused-ring (bicyclic) bond motifs is 33. The Morgan fingerprint density at radius 2 is 0.855 bits per heavy atom. The van der Waals surface area contributed by atoms with Gasteiger partial charge in [0, 0.05) is 21.5 Å². The van der Waals surface area contributed by atoms with Crippen molar-refractivity contribution in [2.24, 2.45) is 0 Å². The lowest BCUT2D eigenvalue weighted by molar-refractivity contribution is 0.791. The molecule has 10 aromatic carbocycles. The first-order valence-electron chi connectivity index (χ1n) is 24.7. The van der Waals surface area contributed by atoms with Gasteiger partial charge in [0.1, 0.15) is 0 Å². The highest BCUT2D eigenvalue weighted by Gasteiger charge is 2.55. The molecule has 4 bridgehead atoms. The first-order valence-corrected chi connectivity index (χ1v) is 24.7. The van der Waals surface area contributed by atoms with E-state index in [1.54, 1.807) is 0 Å². The molecule has 0 saturated carbocycles. The second-order valence-electron chi connectivity index (χ2n) is 20.3. The van der Waals surface area contributed by atoms with Gasteiger partial charge in [0.15, 0.2) is 0 Å². The van der Waals surface area contributed by atoms with Gasteiger partial charge < -0.3 is 4.40 Å². The summed E-state index contributed by atoms with van der Waals surface area (Å²) in [4.78, 5) is 0. The molecule has 0 N–H and O–H groups in total. The van der Waals surface area contributed by atoms with Crippen molar-refractivity contribution >= 4 is 38.1 Å². The first kappa shape index (κ1) is 36.6. The number of nitrogens with zero attached hydrogens (tertiary/aromatic N) is 2. The summed E-state index contributed by atoms with van der Waals surface area (Å²) in [6, 6.07) is 76.8. The highest BCUT2D eigenvalue weighted by atomic mass is 14.9. The number of hydrogen-bond donors (Lipinski definition) is 0. The molecule has 0 aliphatic heterocycles. The Morgan fingerprint density at radius 3 is 1.41 bits per heavy atom. The van der Waals surface area contributed by atoms with E-state index in [1.807, 2.05) is 0 Å². The third kappa shape index (κ3) is 4.08. The van der Waals surface area contributed by atoms with Gasteiger partial charge in [-0.3, -0.25) is 0 Å². The van der Waals surface area contributed by atoms with Gasteiger partial charge in [-0.15, -0.1) is 0 Å². The van der Waals surface area contributed by atoms with Crippen LogP contribution in [0.25, 0.3) is 82.6 Å². The first-order chi connectivity index (χ1) is 34.2. The van der Waals surface area contributed by atoms with Crippen LogP contribution in [0.3, 0.4) is 0 Å². The molecule has 5 aliphatic carbocycles. The summed E-state index contributed by atoms with van der Waals surface area (Å²) in [7, 11) is 0. The third-order valence-corrected chi connectivity index (χ3v) is 17.5. The van der Waals surface area contributed by atoms with Crippen molar-refractivity contribution in [1.29, 1.82) is 5.26 Å². The van der Waals surface area contributed by atoms with Crippen molar-refractivity contribution in [3.8, 4) is 50.6 Å². The number of hydrogen-bond acceptors (Lipinski definition) is 1. The Morgan fingerprint density at radius 1 is 0.377 bits per heavy atom. The standard InChI is InChI=1S/C67H40N2/c68-37-42-34-59-63(62-48-21-6-12-27-56(48)67(64(42)62)54-25-10-3-18-45(54)46-19-4-11-26-55(46)67)61-41-31-29-39-15-13-14-38(32-39)28-30-40(33-41)60-50-35-57-49(36-58(50)69(59)65(60)61)47-20-5-9-24-53(47)66(57)51-22-7-1-16-43(51)44-17-2-8-23-52(44)66/h1-27,32-36H,28-31H2. The van der Waals surface area contributed by atoms with Crippen molar-refractivity contribution in [3.05, 3.63) is 266 Å². The van der Waals surface area contributed by atoms with Crippen LogP contribution in [-0.4, -0.2) is 4.40 Å². The summed E-state index contributed by atoms with van der Waals surface area (Å²) in [6.45, 7) is 0. The maximum absolute atomic E-state index is 11.7. The summed E-state index contributed by atoms with van der Waals surface area (Å²) in [6.07, 6.45) is 3.81. The zero-order valence-electron chi connectivity index (χ0n) is 37.7. The van der Waals surface area contributed by atoms with Crippen molar-refractivity contribution in [3.63, 3.8) is 0 Å². The number of nitriles is 1. The second-order valence-corrected chi connectivity index (χ2v) is 20.3. The predicted octanol–water partition coefficient (Wildman–Crippen LogP) is 15.3. The van der Waals surface area contributed by atoms with Crippen LogP contribution in [0, 0.1) is 11.3 Å². The Labute approximate surface area is 399 Å². The molecule has 17 rings (SSSR count). The molecular weight excluding hydrogens is 833 g/mol. The zero-order valence-corrected chi connectivity index (χ0v) is 37.7. The Kier molecular flexibility index (Phi) is 6.64. The van der Waals surface area contributed by atoms with Gasteiger partial charge in [0.05, 0.1) is 39.0 Å². The molecule has 0 atom stereocenters. The van der Waals surface area contributed by atoms with Gasteiger partial charge in [0.25, 0.3) is 0 Å². The van der Waals surface area contributed by atoms with Crippen LogP contribution < -0.4 is 0 Å². The molecule has 0 saturated heterocycles. The fourth-order valence-electron chi connectivity index (χ4n) is 15.2. The Bertz CT molecular complexity index is 4310. The monoisotopic (exact) mass is 872 g/mol. The molecule has 0 radical (unpaired) electrons. The van der Waals surface area contributed by atoms with E-state index < -0.39 is 10.8 Å². The van der Waals surface area contributed by atoms with Crippen LogP contribution in [0.15, 0.2) is 194 Å². The normalized spacial score (nSPS) is 15.5.